The molecule has 18 heavy (non-hydrogen) atoms. The maximum atomic E-state index is 11.7. The van der Waals surface area contributed by atoms with Crippen LogP contribution in [0.3, 0.4) is 0 Å². The van der Waals surface area contributed by atoms with Gasteiger partial charge in [-0.15, -0.1) is 12.4 Å². The van der Waals surface area contributed by atoms with Crippen LogP contribution in [0.1, 0.15) is 12.0 Å². The first-order valence-electron chi connectivity index (χ1n) is 5.43. The van der Waals surface area contributed by atoms with Gasteiger partial charge in [-0.2, -0.15) is 0 Å². The predicted molar refractivity (Wildman–Crippen MR) is 72.0 cm³/mol. The largest absolute Gasteiger partial charge is 0.368 e. The molecule has 0 atom stereocenters. The maximum Gasteiger partial charge on any atom is 0.237 e. The summed E-state index contributed by atoms with van der Waals surface area (Å²) in [5.74, 6) is -0.679. The first-order valence-corrected chi connectivity index (χ1v) is 5.43. The van der Waals surface area contributed by atoms with Gasteiger partial charge in [-0.05, 0) is 5.56 Å². The van der Waals surface area contributed by atoms with Gasteiger partial charge in [0.2, 0.25) is 11.8 Å². The molecular weight excluding hydrogens is 254 g/mol. The van der Waals surface area contributed by atoms with Crippen LogP contribution in [0.2, 0.25) is 0 Å². The fourth-order valence-corrected chi connectivity index (χ4v) is 1.51. The zero-order valence-electron chi connectivity index (χ0n) is 10.0. The molecule has 5 nitrogen and oxygen atoms in total. The van der Waals surface area contributed by atoms with Gasteiger partial charge in [0.1, 0.15) is 0 Å². The van der Waals surface area contributed by atoms with Crippen molar-refractivity contribution in [2.45, 2.75) is 13.0 Å². The maximum absolute atomic E-state index is 11.7. The number of primary amides is 1. The van der Waals surface area contributed by atoms with Crippen molar-refractivity contribution in [1.29, 1.82) is 0 Å². The van der Waals surface area contributed by atoms with Gasteiger partial charge >= 0.3 is 0 Å². The zero-order valence-corrected chi connectivity index (χ0v) is 10.9. The normalized spacial score (nSPS) is 9.39. The first-order chi connectivity index (χ1) is 8.13. The van der Waals surface area contributed by atoms with Gasteiger partial charge in [-0.25, -0.2) is 0 Å². The molecule has 0 aliphatic rings. The lowest BCUT2D eigenvalue weighted by molar-refractivity contribution is -0.135. The predicted octanol–water partition coefficient (Wildman–Crippen LogP) is 0.271. The molecule has 1 aromatic carbocycles. The second-order valence-corrected chi connectivity index (χ2v) is 3.74. The number of rotatable bonds is 6. The van der Waals surface area contributed by atoms with Crippen LogP contribution in [0, 0.1) is 0 Å². The van der Waals surface area contributed by atoms with Crippen molar-refractivity contribution in [2.24, 2.45) is 11.5 Å². The number of carbonyl (C=O) groups excluding carboxylic acids is 2. The van der Waals surface area contributed by atoms with Crippen molar-refractivity contribution in [1.82, 2.24) is 4.90 Å². The zero-order chi connectivity index (χ0) is 12.7. The van der Waals surface area contributed by atoms with Gasteiger partial charge in [0.15, 0.2) is 0 Å². The lowest BCUT2D eigenvalue weighted by atomic mass is 10.2. The Morgan fingerprint density at radius 1 is 1.17 bits per heavy atom. The molecule has 4 N–H and O–H groups in total. The van der Waals surface area contributed by atoms with Crippen LogP contribution in [0.15, 0.2) is 30.3 Å². The van der Waals surface area contributed by atoms with Gasteiger partial charge in [0.25, 0.3) is 0 Å². The fourth-order valence-electron chi connectivity index (χ4n) is 1.51. The van der Waals surface area contributed by atoms with Crippen LogP contribution >= 0.6 is 12.4 Å². The molecule has 0 unspecified atom stereocenters. The van der Waals surface area contributed by atoms with E-state index in [1.165, 1.54) is 4.90 Å². The Bertz CT molecular complexity index is 384. The molecule has 100 valence electrons. The molecule has 0 radical (unpaired) electrons. The van der Waals surface area contributed by atoms with Crippen LogP contribution in [0.5, 0.6) is 0 Å². The molecule has 6 heteroatoms. The van der Waals surface area contributed by atoms with E-state index in [0.29, 0.717) is 6.54 Å². The lowest BCUT2D eigenvalue weighted by Crippen LogP contribution is -2.38. The molecule has 1 rings (SSSR count). The molecule has 0 aliphatic carbocycles. The van der Waals surface area contributed by atoms with E-state index < -0.39 is 5.91 Å². The summed E-state index contributed by atoms with van der Waals surface area (Å²) in [6.45, 7) is 0.569. The average Bonchev–Trinajstić information content (AvgIpc) is 2.29. The van der Waals surface area contributed by atoms with Gasteiger partial charge in [0, 0.05) is 19.5 Å². The van der Waals surface area contributed by atoms with Crippen LogP contribution in [-0.2, 0) is 16.1 Å². The minimum absolute atomic E-state index is 0. The van der Waals surface area contributed by atoms with Crippen molar-refractivity contribution in [3.05, 3.63) is 35.9 Å². The number of carbonyl (C=O) groups is 2. The summed E-state index contributed by atoms with van der Waals surface area (Å²) in [4.78, 5) is 24.0. The summed E-state index contributed by atoms with van der Waals surface area (Å²) < 4.78 is 0. The topological polar surface area (TPSA) is 89.4 Å². The Morgan fingerprint density at radius 3 is 2.28 bits per heavy atom. The van der Waals surface area contributed by atoms with E-state index in [9.17, 15) is 9.59 Å². The SMILES string of the molecule is Cl.NCCC(=O)N(CC(N)=O)Cc1ccccc1. The summed E-state index contributed by atoms with van der Waals surface area (Å²) in [6.07, 6.45) is 0.222. The van der Waals surface area contributed by atoms with Gasteiger partial charge in [0.05, 0.1) is 6.54 Å². The minimum Gasteiger partial charge on any atom is -0.368 e. The molecule has 0 aromatic heterocycles. The monoisotopic (exact) mass is 271 g/mol. The number of nitrogens with zero attached hydrogens (tertiary/aromatic N) is 1. The third kappa shape index (κ3) is 5.65. The molecule has 0 fully saturated rings. The number of hydrogen-bond donors (Lipinski definition) is 2. The van der Waals surface area contributed by atoms with Crippen LogP contribution in [-0.4, -0.2) is 29.8 Å². The highest BCUT2D eigenvalue weighted by Gasteiger charge is 2.15. The third-order valence-electron chi connectivity index (χ3n) is 2.27. The molecule has 1 aromatic rings. The summed E-state index contributed by atoms with van der Waals surface area (Å²) in [5, 5.41) is 0. The molecule has 0 aliphatic heterocycles. The summed E-state index contributed by atoms with van der Waals surface area (Å²) in [5.41, 5.74) is 11.4. The Morgan fingerprint density at radius 2 is 1.78 bits per heavy atom. The molecule has 0 saturated heterocycles. The van der Waals surface area contributed by atoms with Crippen molar-refractivity contribution in [3.8, 4) is 0 Å². The van der Waals surface area contributed by atoms with Crippen molar-refractivity contribution in [3.63, 3.8) is 0 Å². The highest BCUT2D eigenvalue weighted by atomic mass is 35.5. The van der Waals surface area contributed by atoms with Crippen LogP contribution in [0.4, 0.5) is 0 Å². The molecule has 0 bridgehead atoms. The average molecular weight is 272 g/mol. The number of amides is 2. The van der Waals surface area contributed by atoms with Crippen molar-refractivity contribution < 1.29 is 9.59 Å². The molecule has 2 amide bonds. The smallest absolute Gasteiger partial charge is 0.237 e. The van der Waals surface area contributed by atoms with E-state index >= 15 is 0 Å². The Labute approximate surface area is 113 Å². The van der Waals surface area contributed by atoms with E-state index in [1.807, 2.05) is 30.3 Å². The highest BCUT2D eigenvalue weighted by Crippen LogP contribution is 2.05. The highest BCUT2D eigenvalue weighted by molar-refractivity contribution is 5.85. The minimum atomic E-state index is -0.522. The first kappa shape index (κ1) is 16.4. The molecule has 0 saturated carbocycles. The standard InChI is InChI=1S/C12H17N3O2.ClH/c13-7-6-12(17)15(9-11(14)16)8-10-4-2-1-3-5-10;/h1-5H,6-9,13H2,(H2,14,16);1H. The third-order valence-corrected chi connectivity index (χ3v) is 2.27. The number of benzene rings is 1. The Kier molecular flexibility index (Phi) is 7.74. The molecule has 0 heterocycles. The fraction of sp³-hybridized carbons (Fsp3) is 0.333. The van der Waals surface area contributed by atoms with E-state index in [1.54, 1.807) is 0 Å². The van der Waals surface area contributed by atoms with Crippen molar-refractivity contribution in [2.75, 3.05) is 13.1 Å². The van der Waals surface area contributed by atoms with Crippen molar-refractivity contribution >= 4 is 24.2 Å². The Balaban J connectivity index is 0.00000289. The van der Waals surface area contributed by atoms with Crippen LogP contribution in [0.25, 0.3) is 0 Å². The number of hydrogen-bond acceptors (Lipinski definition) is 3. The Hall–Kier alpha value is -1.59. The second kappa shape index (κ2) is 8.49. The van der Waals surface area contributed by atoms with E-state index in [-0.39, 0.29) is 37.8 Å². The summed E-state index contributed by atoms with van der Waals surface area (Å²) in [7, 11) is 0. The number of halogens is 1. The van der Waals surface area contributed by atoms with E-state index in [0.717, 1.165) is 5.56 Å². The second-order valence-electron chi connectivity index (χ2n) is 3.74. The quantitative estimate of drug-likeness (QED) is 0.778. The van der Waals surface area contributed by atoms with Gasteiger partial charge in [-0.1, -0.05) is 30.3 Å². The summed E-state index contributed by atoms with van der Waals surface area (Å²) in [6, 6.07) is 9.44. The number of nitrogens with two attached hydrogens (primary N) is 2. The lowest BCUT2D eigenvalue weighted by Gasteiger charge is -2.21. The van der Waals surface area contributed by atoms with E-state index in [4.69, 9.17) is 11.5 Å². The molecule has 0 spiro atoms. The summed E-state index contributed by atoms with van der Waals surface area (Å²) >= 11 is 0. The van der Waals surface area contributed by atoms with Crippen LogP contribution < -0.4 is 11.5 Å². The van der Waals surface area contributed by atoms with Gasteiger partial charge in [-0.3, -0.25) is 9.59 Å². The van der Waals surface area contributed by atoms with Gasteiger partial charge < -0.3 is 16.4 Å². The van der Waals surface area contributed by atoms with E-state index in [2.05, 4.69) is 0 Å². The molecular formula is C12H18ClN3O2.